The normalized spacial score (nSPS) is 19.0. The molecule has 0 saturated carbocycles. The number of carbonyl (C=O) groups is 1. The maximum absolute atomic E-state index is 11.6. The summed E-state index contributed by atoms with van der Waals surface area (Å²) in [6.07, 6.45) is 6.23. The lowest BCUT2D eigenvalue weighted by molar-refractivity contribution is -0.121. The number of guanidine groups is 1. The molecule has 2 fully saturated rings. The molecule has 7 nitrogen and oxygen atoms in total. The Hall–Kier alpha value is -0.940. The lowest BCUT2D eigenvalue weighted by Gasteiger charge is -2.35. The number of nitrogens with one attached hydrogen (secondary N) is 2. The van der Waals surface area contributed by atoms with E-state index in [4.69, 9.17) is 9.98 Å². The van der Waals surface area contributed by atoms with Crippen molar-refractivity contribution in [3.8, 4) is 0 Å². The van der Waals surface area contributed by atoms with Gasteiger partial charge in [0.05, 0.1) is 10.7 Å². The molecule has 3 heterocycles. The molecule has 1 amide bonds. The first kappa shape index (κ1) is 27.3. The van der Waals surface area contributed by atoms with E-state index in [1.165, 1.54) is 23.5 Å². The van der Waals surface area contributed by atoms with E-state index in [0.717, 1.165) is 71.0 Å². The molecule has 2 aliphatic rings. The molecule has 0 aliphatic carbocycles. The van der Waals surface area contributed by atoms with Crippen LogP contribution in [0.3, 0.4) is 0 Å². The number of nitrogens with zero attached hydrogens (tertiary/aromatic N) is 4. The molecule has 0 radical (unpaired) electrons. The molecule has 182 valence electrons. The number of thiazole rings is 1. The number of halogens is 1. The van der Waals surface area contributed by atoms with Crippen molar-refractivity contribution in [3.63, 3.8) is 0 Å². The Bertz CT molecular complexity index is 711. The summed E-state index contributed by atoms with van der Waals surface area (Å²) >= 11 is 1.79. The second-order valence-electron chi connectivity index (χ2n) is 8.81. The van der Waals surface area contributed by atoms with Crippen molar-refractivity contribution < 1.29 is 4.79 Å². The van der Waals surface area contributed by atoms with Crippen molar-refractivity contribution in [2.45, 2.75) is 58.9 Å². The van der Waals surface area contributed by atoms with Gasteiger partial charge in [0, 0.05) is 51.6 Å². The van der Waals surface area contributed by atoms with E-state index in [0.29, 0.717) is 18.3 Å². The molecule has 0 unspecified atom stereocenters. The van der Waals surface area contributed by atoms with E-state index in [1.54, 1.807) is 18.4 Å². The van der Waals surface area contributed by atoms with Crippen LogP contribution in [0.15, 0.2) is 10.4 Å². The Balaban J connectivity index is 0.00000363. The van der Waals surface area contributed by atoms with E-state index < -0.39 is 0 Å². The van der Waals surface area contributed by atoms with Crippen LogP contribution in [0.5, 0.6) is 0 Å². The maximum atomic E-state index is 11.6. The quantitative estimate of drug-likeness (QED) is 0.282. The van der Waals surface area contributed by atoms with Gasteiger partial charge in [-0.3, -0.25) is 14.7 Å². The standard InChI is InChI=1S/C23H40N6OS.HI/c1-4-22-27-20(17-31-22)16-28-10-6-19(7-11-28)15-26-23(25-5-2)29-12-8-18(9-13-29)14-21(30)24-3;/h17-19H,4-16H2,1-3H3,(H,24,30)(H,25,26);1H. The number of hydrogen-bond acceptors (Lipinski definition) is 5. The predicted octanol–water partition coefficient (Wildman–Crippen LogP) is 3.35. The van der Waals surface area contributed by atoms with Crippen molar-refractivity contribution in [1.82, 2.24) is 25.4 Å². The first-order chi connectivity index (χ1) is 15.1. The number of aromatic nitrogens is 1. The Morgan fingerprint density at radius 1 is 1.16 bits per heavy atom. The highest BCUT2D eigenvalue weighted by molar-refractivity contribution is 14.0. The van der Waals surface area contributed by atoms with Gasteiger partial charge in [0.25, 0.3) is 0 Å². The van der Waals surface area contributed by atoms with Gasteiger partial charge >= 0.3 is 0 Å². The highest BCUT2D eigenvalue weighted by Gasteiger charge is 2.24. The van der Waals surface area contributed by atoms with E-state index in [9.17, 15) is 4.79 Å². The highest BCUT2D eigenvalue weighted by atomic mass is 127. The Morgan fingerprint density at radius 3 is 2.44 bits per heavy atom. The third kappa shape index (κ3) is 8.44. The van der Waals surface area contributed by atoms with Crippen LogP contribution in [0.25, 0.3) is 0 Å². The van der Waals surface area contributed by atoms with Crippen LogP contribution >= 0.6 is 35.3 Å². The number of carbonyl (C=O) groups excluding carboxylic acids is 1. The lowest BCUT2D eigenvalue weighted by Crippen LogP contribution is -2.46. The van der Waals surface area contributed by atoms with Gasteiger partial charge in [-0.15, -0.1) is 35.3 Å². The third-order valence-electron chi connectivity index (χ3n) is 6.50. The molecule has 1 aromatic heterocycles. The number of aliphatic imine (C=N–C) groups is 1. The lowest BCUT2D eigenvalue weighted by atomic mass is 9.93. The second kappa shape index (κ2) is 14.3. The molecule has 0 atom stereocenters. The minimum atomic E-state index is 0. The maximum Gasteiger partial charge on any atom is 0.220 e. The number of likely N-dealkylation sites (tertiary alicyclic amines) is 2. The van der Waals surface area contributed by atoms with E-state index in [1.807, 2.05) is 0 Å². The van der Waals surface area contributed by atoms with Gasteiger partial charge in [-0.2, -0.15) is 0 Å². The zero-order valence-electron chi connectivity index (χ0n) is 19.9. The molecule has 2 N–H and O–H groups in total. The number of piperidine rings is 2. The summed E-state index contributed by atoms with van der Waals surface area (Å²) in [6.45, 7) is 11.3. The molecular weight excluding hydrogens is 535 g/mol. The fourth-order valence-electron chi connectivity index (χ4n) is 4.49. The summed E-state index contributed by atoms with van der Waals surface area (Å²) < 4.78 is 0. The Kier molecular flexibility index (Phi) is 12.2. The predicted molar refractivity (Wildman–Crippen MR) is 144 cm³/mol. The molecule has 2 aliphatic heterocycles. The highest BCUT2D eigenvalue weighted by Crippen LogP contribution is 2.22. The molecule has 0 bridgehead atoms. The van der Waals surface area contributed by atoms with Crippen LogP contribution in [0.2, 0.25) is 0 Å². The summed E-state index contributed by atoms with van der Waals surface area (Å²) in [5.41, 5.74) is 1.23. The van der Waals surface area contributed by atoms with Crippen LogP contribution in [-0.4, -0.2) is 73.0 Å². The first-order valence-corrected chi connectivity index (χ1v) is 12.9. The second-order valence-corrected chi connectivity index (χ2v) is 9.75. The first-order valence-electron chi connectivity index (χ1n) is 12.0. The van der Waals surface area contributed by atoms with Crippen molar-refractivity contribution >= 4 is 47.2 Å². The third-order valence-corrected chi connectivity index (χ3v) is 7.54. The monoisotopic (exact) mass is 576 g/mol. The Morgan fingerprint density at radius 2 is 1.84 bits per heavy atom. The van der Waals surface area contributed by atoms with Gasteiger partial charge in [0.1, 0.15) is 0 Å². The van der Waals surface area contributed by atoms with Gasteiger partial charge in [-0.1, -0.05) is 6.92 Å². The largest absolute Gasteiger partial charge is 0.359 e. The molecule has 3 rings (SSSR count). The van der Waals surface area contributed by atoms with E-state index >= 15 is 0 Å². The molecule has 1 aromatic rings. The topological polar surface area (TPSA) is 72.9 Å². The minimum absolute atomic E-state index is 0. The zero-order chi connectivity index (χ0) is 22.1. The summed E-state index contributed by atoms with van der Waals surface area (Å²) in [7, 11) is 1.72. The van der Waals surface area contributed by atoms with Crippen LogP contribution < -0.4 is 10.6 Å². The van der Waals surface area contributed by atoms with Crippen molar-refractivity contribution in [2.24, 2.45) is 16.8 Å². The molecular formula is C23H41IN6OS. The number of aryl methyl sites for hydroxylation is 1. The number of hydrogen-bond donors (Lipinski definition) is 2. The van der Waals surface area contributed by atoms with Gasteiger partial charge in [0.15, 0.2) is 5.96 Å². The average molecular weight is 577 g/mol. The van der Waals surface area contributed by atoms with Crippen LogP contribution in [0.1, 0.15) is 56.7 Å². The zero-order valence-corrected chi connectivity index (χ0v) is 23.1. The fraction of sp³-hybridized carbons (Fsp3) is 0.783. The van der Waals surface area contributed by atoms with Crippen molar-refractivity contribution in [1.29, 1.82) is 0 Å². The number of amides is 1. The summed E-state index contributed by atoms with van der Waals surface area (Å²) in [5.74, 6) is 2.37. The molecule has 9 heteroatoms. The van der Waals surface area contributed by atoms with Gasteiger partial charge in [0.2, 0.25) is 5.91 Å². The van der Waals surface area contributed by atoms with E-state index in [-0.39, 0.29) is 29.9 Å². The molecule has 0 spiro atoms. The van der Waals surface area contributed by atoms with Crippen LogP contribution in [-0.2, 0) is 17.8 Å². The van der Waals surface area contributed by atoms with Crippen LogP contribution in [0.4, 0.5) is 0 Å². The summed E-state index contributed by atoms with van der Waals surface area (Å²) in [6, 6.07) is 0. The van der Waals surface area contributed by atoms with Crippen molar-refractivity contribution in [3.05, 3.63) is 16.1 Å². The SMILES string of the molecule is CCNC(=NCC1CCN(Cc2csc(CC)n2)CC1)N1CCC(CC(=O)NC)CC1.I. The van der Waals surface area contributed by atoms with Gasteiger partial charge in [-0.05, 0) is 64.0 Å². The Labute approximate surface area is 214 Å². The van der Waals surface area contributed by atoms with Gasteiger partial charge in [-0.25, -0.2) is 4.98 Å². The molecule has 32 heavy (non-hydrogen) atoms. The average Bonchev–Trinajstić information content (AvgIpc) is 3.25. The van der Waals surface area contributed by atoms with E-state index in [2.05, 4.69) is 39.7 Å². The number of rotatable bonds is 8. The summed E-state index contributed by atoms with van der Waals surface area (Å²) in [5, 5.41) is 9.70. The smallest absolute Gasteiger partial charge is 0.220 e. The van der Waals surface area contributed by atoms with Crippen LogP contribution in [0, 0.1) is 11.8 Å². The van der Waals surface area contributed by atoms with Gasteiger partial charge < -0.3 is 15.5 Å². The minimum Gasteiger partial charge on any atom is -0.359 e. The molecule has 2 saturated heterocycles. The van der Waals surface area contributed by atoms with Crippen molar-refractivity contribution in [2.75, 3.05) is 46.3 Å². The summed E-state index contributed by atoms with van der Waals surface area (Å²) in [4.78, 5) is 26.3. The molecule has 0 aromatic carbocycles. The fourth-order valence-corrected chi connectivity index (χ4v) is 5.23.